The number of pyridine rings is 1. The fourth-order valence-electron chi connectivity index (χ4n) is 0.851. The Kier molecular flexibility index (Phi) is 3.71. The molecule has 0 bridgehead atoms. The summed E-state index contributed by atoms with van der Waals surface area (Å²) in [5.74, 6) is -0.106. The van der Waals surface area contributed by atoms with Crippen LogP contribution in [0.5, 0.6) is 0 Å². The zero-order chi connectivity index (χ0) is 9.68. The summed E-state index contributed by atoms with van der Waals surface area (Å²) in [5, 5.41) is 3.14. The van der Waals surface area contributed by atoms with Crippen LogP contribution in [0, 0.1) is 0 Å². The molecule has 1 heterocycles. The minimum atomic E-state index is -0.106. The van der Waals surface area contributed by atoms with Crippen molar-refractivity contribution in [1.29, 1.82) is 0 Å². The van der Waals surface area contributed by atoms with Crippen molar-refractivity contribution in [2.75, 3.05) is 6.54 Å². The molecule has 0 aromatic carbocycles. The SMILES string of the molecule is CCCNC(=O)c1ccc(Cl)nc1. The molecule has 0 saturated heterocycles. The molecule has 0 aliphatic heterocycles. The second-order valence-corrected chi connectivity index (χ2v) is 3.01. The molecular formula is C9H11ClN2O. The molecule has 70 valence electrons. The number of hydrogen-bond acceptors (Lipinski definition) is 2. The van der Waals surface area contributed by atoms with Crippen LogP contribution in [-0.4, -0.2) is 17.4 Å². The molecule has 3 nitrogen and oxygen atoms in total. The molecule has 1 N–H and O–H groups in total. The van der Waals surface area contributed by atoms with Crippen LogP contribution >= 0.6 is 11.6 Å². The number of rotatable bonds is 3. The largest absolute Gasteiger partial charge is 0.352 e. The van der Waals surface area contributed by atoms with E-state index in [0.29, 0.717) is 17.3 Å². The Labute approximate surface area is 82.1 Å². The number of nitrogens with one attached hydrogen (secondary N) is 1. The third-order valence-electron chi connectivity index (χ3n) is 1.53. The van der Waals surface area contributed by atoms with Crippen molar-refractivity contribution in [2.24, 2.45) is 0 Å². The van der Waals surface area contributed by atoms with E-state index in [-0.39, 0.29) is 5.91 Å². The summed E-state index contributed by atoms with van der Waals surface area (Å²) in [5.41, 5.74) is 0.540. The molecule has 0 spiro atoms. The van der Waals surface area contributed by atoms with E-state index in [9.17, 15) is 4.79 Å². The summed E-state index contributed by atoms with van der Waals surface area (Å²) in [7, 11) is 0. The highest BCUT2D eigenvalue weighted by atomic mass is 35.5. The van der Waals surface area contributed by atoms with Crippen LogP contribution < -0.4 is 5.32 Å². The summed E-state index contributed by atoms with van der Waals surface area (Å²) in [6, 6.07) is 3.25. The average molecular weight is 199 g/mol. The Morgan fingerprint density at radius 1 is 1.62 bits per heavy atom. The molecule has 4 heteroatoms. The minimum absolute atomic E-state index is 0.106. The maximum atomic E-state index is 11.3. The Hall–Kier alpha value is -1.09. The van der Waals surface area contributed by atoms with Gasteiger partial charge in [0.1, 0.15) is 5.15 Å². The molecule has 0 atom stereocenters. The van der Waals surface area contributed by atoms with Gasteiger partial charge in [0.05, 0.1) is 5.56 Å². The van der Waals surface area contributed by atoms with Crippen molar-refractivity contribution in [3.05, 3.63) is 29.0 Å². The standard InChI is InChI=1S/C9H11ClN2O/c1-2-5-11-9(13)7-3-4-8(10)12-6-7/h3-4,6H,2,5H2,1H3,(H,11,13). The van der Waals surface area contributed by atoms with Crippen molar-refractivity contribution < 1.29 is 4.79 Å². The lowest BCUT2D eigenvalue weighted by Gasteiger charge is -2.01. The van der Waals surface area contributed by atoms with Crippen molar-refractivity contribution >= 4 is 17.5 Å². The molecule has 0 saturated carbocycles. The Bertz CT molecular complexity index is 284. The maximum Gasteiger partial charge on any atom is 0.252 e. The van der Waals surface area contributed by atoms with Crippen LogP contribution in [0.2, 0.25) is 5.15 Å². The maximum absolute atomic E-state index is 11.3. The molecule has 1 rings (SSSR count). The Balaban J connectivity index is 2.61. The van der Waals surface area contributed by atoms with E-state index in [1.165, 1.54) is 6.20 Å². The van der Waals surface area contributed by atoms with Crippen molar-refractivity contribution in [2.45, 2.75) is 13.3 Å². The summed E-state index contributed by atoms with van der Waals surface area (Å²) in [6.45, 7) is 2.68. The van der Waals surface area contributed by atoms with Gasteiger partial charge in [0.15, 0.2) is 0 Å². The van der Waals surface area contributed by atoms with Crippen molar-refractivity contribution in [3.63, 3.8) is 0 Å². The monoisotopic (exact) mass is 198 g/mol. The summed E-state index contributed by atoms with van der Waals surface area (Å²) >= 11 is 5.58. The first-order chi connectivity index (χ1) is 6.24. The van der Waals surface area contributed by atoms with Gasteiger partial charge in [-0.2, -0.15) is 0 Å². The number of hydrogen-bond donors (Lipinski definition) is 1. The van der Waals surface area contributed by atoms with Crippen molar-refractivity contribution in [3.8, 4) is 0 Å². The van der Waals surface area contributed by atoms with Gasteiger partial charge in [-0.05, 0) is 18.6 Å². The zero-order valence-electron chi connectivity index (χ0n) is 7.38. The van der Waals surface area contributed by atoms with Gasteiger partial charge in [-0.15, -0.1) is 0 Å². The molecule has 1 aromatic rings. The smallest absolute Gasteiger partial charge is 0.252 e. The molecule has 0 aliphatic rings. The van der Waals surface area contributed by atoms with E-state index in [0.717, 1.165) is 6.42 Å². The summed E-state index contributed by atoms with van der Waals surface area (Å²) in [6.07, 6.45) is 2.39. The van der Waals surface area contributed by atoms with Gasteiger partial charge < -0.3 is 5.32 Å². The number of amides is 1. The van der Waals surface area contributed by atoms with Gasteiger partial charge in [-0.3, -0.25) is 4.79 Å². The first-order valence-electron chi connectivity index (χ1n) is 4.13. The second kappa shape index (κ2) is 4.82. The van der Waals surface area contributed by atoms with E-state index in [1.54, 1.807) is 12.1 Å². The van der Waals surface area contributed by atoms with Gasteiger partial charge in [0, 0.05) is 12.7 Å². The van der Waals surface area contributed by atoms with Gasteiger partial charge in [0.25, 0.3) is 5.91 Å². The van der Waals surface area contributed by atoms with Crippen LogP contribution in [0.25, 0.3) is 0 Å². The van der Waals surface area contributed by atoms with Crippen molar-refractivity contribution in [1.82, 2.24) is 10.3 Å². The molecule has 0 fully saturated rings. The van der Waals surface area contributed by atoms with Gasteiger partial charge in [-0.1, -0.05) is 18.5 Å². The third kappa shape index (κ3) is 3.03. The molecule has 1 amide bonds. The Morgan fingerprint density at radius 3 is 2.92 bits per heavy atom. The van der Waals surface area contributed by atoms with E-state index in [4.69, 9.17) is 11.6 Å². The highest BCUT2D eigenvalue weighted by Crippen LogP contribution is 2.04. The first kappa shape index (κ1) is 9.99. The summed E-state index contributed by atoms with van der Waals surface area (Å²) < 4.78 is 0. The average Bonchev–Trinajstić information content (AvgIpc) is 2.15. The van der Waals surface area contributed by atoms with Crippen LogP contribution in [0.15, 0.2) is 18.3 Å². The first-order valence-corrected chi connectivity index (χ1v) is 4.51. The quantitative estimate of drug-likeness (QED) is 0.754. The van der Waals surface area contributed by atoms with Gasteiger partial charge in [0.2, 0.25) is 0 Å². The van der Waals surface area contributed by atoms with Crippen LogP contribution in [-0.2, 0) is 0 Å². The number of aromatic nitrogens is 1. The molecular weight excluding hydrogens is 188 g/mol. The van der Waals surface area contributed by atoms with Crippen LogP contribution in [0.4, 0.5) is 0 Å². The number of carbonyl (C=O) groups excluding carboxylic acids is 1. The predicted octanol–water partition coefficient (Wildman–Crippen LogP) is 1.87. The highest BCUT2D eigenvalue weighted by molar-refractivity contribution is 6.29. The van der Waals surface area contributed by atoms with E-state index in [2.05, 4.69) is 10.3 Å². The lowest BCUT2D eigenvalue weighted by molar-refractivity contribution is 0.0953. The van der Waals surface area contributed by atoms with E-state index < -0.39 is 0 Å². The molecule has 0 unspecified atom stereocenters. The molecule has 13 heavy (non-hydrogen) atoms. The van der Waals surface area contributed by atoms with Crippen LogP contribution in [0.1, 0.15) is 23.7 Å². The van der Waals surface area contributed by atoms with Crippen LogP contribution in [0.3, 0.4) is 0 Å². The molecule has 0 radical (unpaired) electrons. The lowest BCUT2D eigenvalue weighted by atomic mass is 10.2. The zero-order valence-corrected chi connectivity index (χ0v) is 8.14. The van der Waals surface area contributed by atoms with E-state index >= 15 is 0 Å². The normalized spacial score (nSPS) is 9.69. The predicted molar refractivity (Wildman–Crippen MR) is 51.9 cm³/mol. The molecule has 0 aliphatic carbocycles. The molecule has 1 aromatic heterocycles. The lowest BCUT2D eigenvalue weighted by Crippen LogP contribution is -2.23. The topological polar surface area (TPSA) is 42.0 Å². The van der Waals surface area contributed by atoms with Gasteiger partial charge in [-0.25, -0.2) is 4.98 Å². The van der Waals surface area contributed by atoms with Gasteiger partial charge >= 0.3 is 0 Å². The second-order valence-electron chi connectivity index (χ2n) is 2.63. The van der Waals surface area contributed by atoms with E-state index in [1.807, 2.05) is 6.92 Å². The fraction of sp³-hybridized carbons (Fsp3) is 0.333. The number of nitrogens with zero attached hydrogens (tertiary/aromatic N) is 1. The Morgan fingerprint density at radius 2 is 2.38 bits per heavy atom. The third-order valence-corrected chi connectivity index (χ3v) is 1.75. The highest BCUT2D eigenvalue weighted by Gasteiger charge is 2.03. The minimum Gasteiger partial charge on any atom is -0.352 e. The summed E-state index contributed by atoms with van der Waals surface area (Å²) in [4.78, 5) is 15.1. The number of carbonyl (C=O) groups is 1. The number of halogens is 1. The fourth-order valence-corrected chi connectivity index (χ4v) is 0.963.